The van der Waals surface area contributed by atoms with E-state index in [1.54, 1.807) is 0 Å². The number of likely N-dealkylation sites (N-methyl/N-ethyl adjacent to an activating group) is 1. The van der Waals surface area contributed by atoms with Gasteiger partial charge in [0.05, 0.1) is 0 Å². The third-order valence-corrected chi connectivity index (χ3v) is 2.95. The maximum atomic E-state index is 4.49. The van der Waals surface area contributed by atoms with Crippen LogP contribution >= 0.6 is 0 Å². The van der Waals surface area contributed by atoms with E-state index in [1.807, 2.05) is 13.1 Å². The van der Waals surface area contributed by atoms with E-state index in [0.717, 1.165) is 30.9 Å². The van der Waals surface area contributed by atoms with E-state index in [4.69, 9.17) is 0 Å². The van der Waals surface area contributed by atoms with E-state index in [0.29, 0.717) is 12.0 Å². The topological polar surface area (TPSA) is 53.1 Å². The molecular weight excluding hydrogens is 226 g/mol. The average Bonchev–Trinajstić information content (AvgIpc) is 2.35. The number of nitrogens with zero attached hydrogens (tertiary/aromatic N) is 3. The van der Waals surface area contributed by atoms with E-state index >= 15 is 0 Å². The molecule has 0 aliphatic heterocycles. The summed E-state index contributed by atoms with van der Waals surface area (Å²) >= 11 is 0. The molecule has 1 rings (SSSR count). The monoisotopic (exact) mass is 251 g/mol. The van der Waals surface area contributed by atoms with Crippen LogP contribution in [0.2, 0.25) is 0 Å². The van der Waals surface area contributed by atoms with Crippen molar-refractivity contribution in [3.05, 3.63) is 11.8 Å². The maximum absolute atomic E-state index is 4.49. The highest BCUT2D eigenvalue weighted by Gasteiger charge is 2.07. The molecule has 1 atom stereocenters. The van der Waals surface area contributed by atoms with Crippen molar-refractivity contribution in [2.45, 2.75) is 33.2 Å². The Kier molecular flexibility index (Phi) is 5.85. The second-order valence-electron chi connectivity index (χ2n) is 4.85. The van der Waals surface area contributed by atoms with Gasteiger partial charge in [0.1, 0.15) is 5.82 Å². The highest BCUT2D eigenvalue weighted by Crippen LogP contribution is 2.12. The molecule has 102 valence electrons. The molecule has 0 aliphatic carbocycles. The van der Waals surface area contributed by atoms with Gasteiger partial charge in [-0.15, -0.1) is 0 Å². The van der Waals surface area contributed by atoms with Gasteiger partial charge < -0.3 is 15.5 Å². The van der Waals surface area contributed by atoms with Crippen molar-refractivity contribution < 1.29 is 0 Å². The Morgan fingerprint density at radius 3 is 2.67 bits per heavy atom. The van der Waals surface area contributed by atoms with Crippen LogP contribution in [-0.2, 0) is 0 Å². The number of hydrogen-bond acceptors (Lipinski definition) is 5. The first-order valence-corrected chi connectivity index (χ1v) is 6.52. The molecule has 0 spiro atoms. The van der Waals surface area contributed by atoms with Crippen LogP contribution in [0.3, 0.4) is 0 Å². The number of aromatic nitrogens is 2. The molecule has 18 heavy (non-hydrogen) atoms. The van der Waals surface area contributed by atoms with E-state index in [9.17, 15) is 0 Å². The summed E-state index contributed by atoms with van der Waals surface area (Å²) in [7, 11) is 4.15. The lowest BCUT2D eigenvalue weighted by atomic mass is 10.3. The number of aryl methyl sites for hydroxylation is 1. The Hall–Kier alpha value is -1.36. The molecule has 5 nitrogen and oxygen atoms in total. The third kappa shape index (κ3) is 4.49. The highest BCUT2D eigenvalue weighted by atomic mass is 15.2. The highest BCUT2D eigenvalue weighted by molar-refractivity contribution is 5.46. The minimum Gasteiger partial charge on any atom is -0.368 e. The molecule has 1 aromatic rings. The van der Waals surface area contributed by atoms with Crippen LogP contribution in [0.4, 0.5) is 11.8 Å². The quantitative estimate of drug-likeness (QED) is 0.776. The van der Waals surface area contributed by atoms with Crippen molar-refractivity contribution in [1.82, 2.24) is 14.9 Å². The summed E-state index contributed by atoms with van der Waals surface area (Å²) in [5.74, 6) is 1.61. The van der Waals surface area contributed by atoms with Crippen molar-refractivity contribution in [1.29, 1.82) is 0 Å². The summed E-state index contributed by atoms with van der Waals surface area (Å²) in [5.41, 5.74) is 1.07. The van der Waals surface area contributed by atoms with Crippen molar-refractivity contribution in [3.8, 4) is 0 Å². The largest absolute Gasteiger partial charge is 0.368 e. The lowest BCUT2D eigenvalue weighted by molar-refractivity contribution is 0.326. The van der Waals surface area contributed by atoms with Gasteiger partial charge in [0.25, 0.3) is 0 Å². The Bertz CT molecular complexity index is 364. The molecule has 5 heteroatoms. The summed E-state index contributed by atoms with van der Waals surface area (Å²) in [4.78, 5) is 10.9. The van der Waals surface area contributed by atoms with Gasteiger partial charge in [0, 0.05) is 30.9 Å². The van der Waals surface area contributed by atoms with Gasteiger partial charge in [-0.25, -0.2) is 4.98 Å². The van der Waals surface area contributed by atoms with Crippen molar-refractivity contribution in [2.75, 3.05) is 37.8 Å². The summed E-state index contributed by atoms with van der Waals surface area (Å²) in [6.45, 7) is 8.10. The number of rotatable bonds is 7. The van der Waals surface area contributed by atoms with Crippen LogP contribution in [0.1, 0.15) is 25.8 Å². The molecule has 0 saturated carbocycles. The summed E-state index contributed by atoms with van der Waals surface area (Å²) in [5, 5.41) is 6.58. The van der Waals surface area contributed by atoms with Gasteiger partial charge in [-0.2, -0.15) is 4.98 Å². The first-order chi connectivity index (χ1) is 8.54. The van der Waals surface area contributed by atoms with E-state index in [-0.39, 0.29) is 0 Å². The third-order valence-electron chi connectivity index (χ3n) is 2.95. The van der Waals surface area contributed by atoms with Gasteiger partial charge in [-0.1, -0.05) is 6.92 Å². The van der Waals surface area contributed by atoms with Crippen LogP contribution < -0.4 is 10.6 Å². The van der Waals surface area contributed by atoms with Crippen LogP contribution in [0.5, 0.6) is 0 Å². The lowest BCUT2D eigenvalue weighted by Crippen LogP contribution is -2.31. The first-order valence-electron chi connectivity index (χ1n) is 6.52. The van der Waals surface area contributed by atoms with Gasteiger partial charge in [-0.3, -0.25) is 0 Å². The smallest absolute Gasteiger partial charge is 0.224 e. The molecule has 1 heterocycles. The zero-order chi connectivity index (χ0) is 13.5. The lowest BCUT2D eigenvalue weighted by Gasteiger charge is -2.21. The maximum Gasteiger partial charge on any atom is 0.224 e. The van der Waals surface area contributed by atoms with E-state index < -0.39 is 0 Å². The molecule has 1 unspecified atom stereocenters. The molecule has 2 N–H and O–H groups in total. The van der Waals surface area contributed by atoms with Crippen LogP contribution in [-0.4, -0.2) is 48.1 Å². The summed E-state index contributed by atoms with van der Waals surface area (Å²) in [6.07, 6.45) is 2.92. The second kappa shape index (κ2) is 7.16. The van der Waals surface area contributed by atoms with E-state index in [2.05, 4.69) is 53.4 Å². The van der Waals surface area contributed by atoms with Crippen molar-refractivity contribution in [3.63, 3.8) is 0 Å². The van der Waals surface area contributed by atoms with Crippen molar-refractivity contribution >= 4 is 11.8 Å². The Morgan fingerprint density at radius 1 is 1.33 bits per heavy atom. The van der Waals surface area contributed by atoms with Crippen LogP contribution in [0.15, 0.2) is 6.20 Å². The summed E-state index contributed by atoms with van der Waals surface area (Å²) in [6, 6.07) is 0.464. The average molecular weight is 251 g/mol. The Morgan fingerprint density at radius 2 is 2.06 bits per heavy atom. The second-order valence-corrected chi connectivity index (χ2v) is 4.85. The van der Waals surface area contributed by atoms with Gasteiger partial charge in [-0.05, 0) is 34.4 Å². The first kappa shape index (κ1) is 14.7. The van der Waals surface area contributed by atoms with E-state index in [1.165, 1.54) is 0 Å². The molecule has 0 aromatic carbocycles. The minimum atomic E-state index is 0.464. The molecule has 0 aliphatic rings. The fraction of sp³-hybridized carbons (Fsp3) is 0.692. The molecule has 0 amide bonds. The Labute approximate surface area is 110 Å². The molecule has 0 saturated heterocycles. The number of hydrogen-bond donors (Lipinski definition) is 2. The number of anilines is 2. The standard InChI is InChI=1S/C13H25N5/c1-6-7-14-13-16-8-10(2)12(17-13)15-9-11(3)18(4)5/h8,11H,6-7,9H2,1-5H3,(H2,14,15,16,17). The van der Waals surface area contributed by atoms with Gasteiger partial charge >= 0.3 is 0 Å². The molecule has 0 radical (unpaired) electrons. The molecule has 0 bridgehead atoms. The number of nitrogens with one attached hydrogen (secondary N) is 2. The zero-order valence-electron chi connectivity index (χ0n) is 12.1. The molecular formula is C13H25N5. The fourth-order valence-corrected chi connectivity index (χ4v) is 1.37. The predicted octanol–water partition coefficient (Wildman–Crippen LogP) is 1.97. The summed E-state index contributed by atoms with van der Waals surface area (Å²) < 4.78 is 0. The van der Waals surface area contributed by atoms with Gasteiger partial charge in [0.2, 0.25) is 5.95 Å². The normalized spacial score (nSPS) is 12.6. The predicted molar refractivity (Wildman–Crippen MR) is 77.2 cm³/mol. The molecule has 0 fully saturated rings. The van der Waals surface area contributed by atoms with Crippen LogP contribution in [0, 0.1) is 6.92 Å². The molecule has 1 aromatic heterocycles. The van der Waals surface area contributed by atoms with Crippen molar-refractivity contribution in [2.24, 2.45) is 0 Å². The Balaban J connectivity index is 2.63. The van der Waals surface area contributed by atoms with Gasteiger partial charge in [0.15, 0.2) is 0 Å². The zero-order valence-corrected chi connectivity index (χ0v) is 12.1. The van der Waals surface area contributed by atoms with Crippen LogP contribution in [0.25, 0.3) is 0 Å². The fourth-order valence-electron chi connectivity index (χ4n) is 1.37. The SMILES string of the molecule is CCCNc1ncc(C)c(NCC(C)N(C)C)n1. The minimum absolute atomic E-state index is 0.464.